The summed E-state index contributed by atoms with van der Waals surface area (Å²) >= 11 is 0. The number of aromatic nitrogens is 2. The zero-order valence-electron chi connectivity index (χ0n) is 9.39. The second-order valence-corrected chi connectivity index (χ2v) is 4.02. The van der Waals surface area contributed by atoms with E-state index in [1.165, 1.54) is 0 Å². The normalized spacial score (nSPS) is 31.7. The van der Waals surface area contributed by atoms with Crippen molar-refractivity contribution in [1.82, 2.24) is 9.97 Å². The molecule has 1 aliphatic rings. The summed E-state index contributed by atoms with van der Waals surface area (Å²) in [5.41, 5.74) is 16.8. The van der Waals surface area contributed by atoms with Crippen LogP contribution in [-0.4, -0.2) is 50.2 Å². The standard InChI is InChI=1S/C9H15N5O4/c10-7-3(8(11)14-9(12)13-7)6-5(17)4(16)2(1-15)18-6/h2,4-6,15-17H,1H2,(H6,10,11,12,13,14)/t2-,4-,5-,6?/m1/s1. The van der Waals surface area contributed by atoms with Crippen LogP contribution in [0.15, 0.2) is 0 Å². The molecular weight excluding hydrogens is 242 g/mol. The van der Waals surface area contributed by atoms with Crippen molar-refractivity contribution in [2.24, 2.45) is 0 Å². The minimum atomic E-state index is -1.28. The van der Waals surface area contributed by atoms with Crippen molar-refractivity contribution in [1.29, 1.82) is 0 Å². The summed E-state index contributed by atoms with van der Waals surface area (Å²) in [7, 11) is 0. The van der Waals surface area contributed by atoms with Crippen molar-refractivity contribution in [2.75, 3.05) is 23.8 Å². The summed E-state index contributed by atoms with van der Waals surface area (Å²) in [6, 6.07) is 0. The van der Waals surface area contributed by atoms with Gasteiger partial charge in [-0.05, 0) is 0 Å². The average Bonchev–Trinajstić information content (AvgIpc) is 2.56. The number of nitrogen functional groups attached to an aromatic ring is 3. The van der Waals surface area contributed by atoms with Gasteiger partial charge in [0.1, 0.15) is 36.1 Å². The highest BCUT2D eigenvalue weighted by Crippen LogP contribution is 2.38. The predicted molar refractivity (Wildman–Crippen MR) is 62.0 cm³/mol. The quantitative estimate of drug-likeness (QED) is 0.331. The van der Waals surface area contributed by atoms with Gasteiger partial charge in [-0.1, -0.05) is 0 Å². The van der Waals surface area contributed by atoms with Gasteiger partial charge in [0.05, 0.1) is 12.2 Å². The number of nitrogens with zero attached hydrogens (tertiary/aromatic N) is 2. The highest BCUT2D eigenvalue weighted by molar-refractivity contribution is 5.57. The fraction of sp³-hybridized carbons (Fsp3) is 0.556. The molecule has 0 amide bonds. The van der Waals surface area contributed by atoms with E-state index in [0.29, 0.717) is 0 Å². The molecule has 0 bridgehead atoms. The van der Waals surface area contributed by atoms with Gasteiger partial charge in [0.15, 0.2) is 0 Å². The molecule has 2 rings (SSSR count). The lowest BCUT2D eigenvalue weighted by molar-refractivity contribution is -0.0225. The van der Waals surface area contributed by atoms with Crippen LogP contribution >= 0.6 is 0 Å². The van der Waals surface area contributed by atoms with Crippen LogP contribution in [0.4, 0.5) is 17.6 Å². The van der Waals surface area contributed by atoms with Crippen LogP contribution in [0.25, 0.3) is 0 Å². The predicted octanol–water partition coefficient (Wildman–Crippen LogP) is -2.62. The Balaban J connectivity index is 2.38. The van der Waals surface area contributed by atoms with Crippen LogP contribution in [0.2, 0.25) is 0 Å². The van der Waals surface area contributed by atoms with Crippen LogP contribution < -0.4 is 17.2 Å². The number of nitrogens with two attached hydrogens (primary N) is 3. The first kappa shape index (κ1) is 12.8. The maximum absolute atomic E-state index is 9.85. The number of ether oxygens (including phenoxy) is 1. The van der Waals surface area contributed by atoms with Gasteiger partial charge in [-0.2, -0.15) is 9.97 Å². The van der Waals surface area contributed by atoms with E-state index >= 15 is 0 Å². The number of hydrogen-bond donors (Lipinski definition) is 6. The molecule has 2 heterocycles. The molecule has 1 aliphatic heterocycles. The zero-order chi connectivity index (χ0) is 13.4. The maximum atomic E-state index is 9.85. The van der Waals surface area contributed by atoms with Gasteiger partial charge in [0, 0.05) is 0 Å². The molecule has 0 spiro atoms. The fourth-order valence-corrected chi connectivity index (χ4v) is 1.95. The van der Waals surface area contributed by atoms with Crippen molar-refractivity contribution in [3.05, 3.63) is 5.56 Å². The van der Waals surface area contributed by atoms with Crippen molar-refractivity contribution in [3.63, 3.8) is 0 Å². The number of hydrogen-bond acceptors (Lipinski definition) is 9. The summed E-state index contributed by atoms with van der Waals surface area (Å²) in [6.45, 7) is -0.440. The minimum absolute atomic E-state index is 0.0326. The third-order valence-electron chi connectivity index (χ3n) is 2.85. The van der Waals surface area contributed by atoms with Gasteiger partial charge in [0.2, 0.25) is 5.95 Å². The van der Waals surface area contributed by atoms with E-state index < -0.39 is 31.0 Å². The van der Waals surface area contributed by atoms with Crippen molar-refractivity contribution < 1.29 is 20.1 Å². The SMILES string of the molecule is Nc1nc(N)c(C2O[C@H](CO)[C@@H](O)[C@H]2O)c(N)n1. The molecule has 0 aliphatic carbocycles. The van der Waals surface area contributed by atoms with Crippen LogP contribution in [-0.2, 0) is 4.74 Å². The third kappa shape index (κ3) is 1.93. The molecule has 0 aromatic carbocycles. The topological polar surface area (TPSA) is 174 Å². The highest BCUT2D eigenvalue weighted by Gasteiger charge is 2.45. The largest absolute Gasteiger partial charge is 0.394 e. The molecule has 4 atom stereocenters. The van der Waals surface area contributed by atoms with E-state index in [1.807, 2.05) is 0 Å². The number of anilines is 3. The average molecular weight is 257 g/mol. The Morgan fingerprint density at radius 2 is 1.61 bits per heavy atom. The molecule has 1 unspecified atom stereocenters. The fourth-order valence-electron chi connectivity index (χ4n) is 1.95. The Bertz CT molecular complexity index is 434. The van der Waals surface area contributed by atoms with Gasteiger partial charge < -0.3 is 37.3 Å². The summed E-state index contributed by atoms with van der Waals surface area (Å²) < 4.78 is 5.29. The molecule has 9 N–H and O–H groups in total. The first-order chi connectivity index (χ1) is 8.45. The molecule has 18 heavy (non-hydrogen) atoms. The Kier molecular flexibility index (Phi) is 3.22. The van der Waals surface area contributed by atoms with Crippen molar-refractivity contribution in [2.45, 2.75) is 24.4 Å². The molecule has 0 radical (unpaired) electrons. The van der Waals surface area contributed by atoms with Crippen molar-refractivity contribution in [3.8, 4) is 0 Å². The van der Waals surface area contributed by atoms with Crippen LogP contribution in [0.5, 0.6) is 0 Å². The third-order valence-corrected chi connectivity index (χ3v) is 2.85. The Morgan fingerprint density at radius 3 is 2.06 bits per heavy atom. The molecule has 0 saturated carbocycles. The van der Waals surface area contributed by atoms with E-state index in [2.05, 4.69) is 9.97 Å². The lowest BCUT2D eigenvalue weighted by Gasteiger charge is -2.17. The highest BCUT2D eigenvalue weighted by atomic mass is 16.6. The van der Waals surface area contributed by atoms with Gasteiger partial charge in [-0.25, -0.2) is 0 Å². The monoisotopic (exact) mass is 257 g/mol. The van der Waals surface area contributed by atoms with E-state index in [-0.39, 0.29) is 23.1 Å². The van der Waals surface area contributed by atoms with Crippen molar-refractivity contribution >= 4 is 17.6 Å². The molecule has 9 heteroatoms. The number of aliphatic hydroxyl groups is 3. The second-order valence-electron chi connectivity index (χ2n) is 4.02. The molecule has 1 aromatic heterocycles. The van der Waals surface area contributed by atoms with Gasteiger partial charge in [-0.3, -0.25) is 0 Å². The molecule has 100 valence electrons. The maximum Gasteiger partial charge on any atom is 0.223 e. The number of rotatable bonds is 2. The lowest BCUT2D eigenvalue weighted by atomic mass is 10.0. The van der Waals surface area contributed by atoms with E-state index in [9.17, 15) is 10.2 Å². The van der Waals surface area contributed by atoms with Gasteiger partial charge in [0.25, 0.3) is 0 Å². The molecule has 9 nitrogen and oxygen atoms in total. The molecule has 1 saturated heterocycles. The first-order valence-corrected chi connectivity index (χ1v) is 5.26. The summed E-state index contributed by atoms with van der Waals surface area (Å²) in [5, 5.41) is 28.5. The Hall–Kier alpha value is -1.68. The zero-order valence-corrected chi connectivity index (χ0v) is 9.39. The molecule has 1 aromatic rings. The summed E-state index contributed by atoms with van der Waals surface area (Å²) in [5.74, 6) is -0.162. The molecular formula is C9H15N5O4. The summed E-state index contributed by atoms with van der Waals surface area (Å²) in [6.07, 6.45) is -4.44. The van der Waals surface area contributed by atoms with E-state index in [4.69, 9.17) is 27.0 Å². The molecule has 1 fully saturated rings. The summed E-state index contributed by atoms with van der Waals surface area (Å²) in [4.78, 5) is 7.44. The van der Waals surface area contributed by atoms with Gasteiger partial charge >= 0.3 is 0 Å². The second kappa shape index (κ2) is 4.53. The van der Waals surface area contributed by atoms with E-state index in [0.717, 1.165) is 0 Å². The number of aliphatic hydroxyl groups excluding tert-OH is 3. The first-order valence-electron chi connectivity index (χ1n) is 5.26. The van der Waals surface area contributed by atoms with Crippen LogP contribution in [0, 0.1) is 0 Å². The van der Waals surface area contributed by atoms with Crippen LogP contribution in [0.3, 0.4) is 0 Å². The minimum Gasteiger partial charge on any atom is -0.394 e. The Morgan fingerprint density at radius 1 is 1.06 bits per heavy atom. The smallest absolute Gasteiger partial charge is 0.223 e. The Labute approximate surface area is 102 Å². The van der Waals surface area contributed by atoms with Gasteiger partial charge in [-0.15, -0.1) is 0 Å². The lowest BCUT2D eigenvalue weighted by Crippen LogP contribution is -2.32. The van der Waals surface area contributed by atoms with E-state index in [1.54, 1.807) is 0 Å². The van der Waals surface area contributed by atoms with Crippen LogP contribution in [0.1, 0.15) is 11.7 Å².